The number of ether oxygens (including phenoxy) is 1. The number of nitrogens with zero attached hydrogens (tertiary/aromatic N) is 2. The summed E-state index contributed by atoms with van der Waals surface area (Å²) in [4.78, 5) is 57.1. The maximum absolute atomic E-state index is 13.7. The molecule has 1 fully saturated rings. The van der Waals surface area contributed by atoms with Gasteiger partial charge in [0, 0.05) is 19.4 Å². The fourth-order valence-electron chi connectivity index (χ4n) is 4.65. The molecule has 1 aliphatic rings. The summed E-state index contributed by atoms with van der Waals surface area (Å²) in [5.41, 5.74) is 8.98. The Bertz CT molecular complexity index is 1210. The van der Waals surface area contributed by atoms with E-state index in [1.807, 2.05) is 64.4 Å². The lowest BCUT2D eigenvalue weighted by Gasteiger charge is -2.35. The summed E-state index contributed by atoms with van der Waals surface area (Å²) in [6.45, 7) is 9.24. The SMILES string of the molecule is Cc1ncsc1-c1ccc([C@H](C)NC(=O)[C@@H]2C[C@@H](O)CN2C(=O)C(NC(=O)CCCOC(N)=O)C(C)(C)C)cc1. The third-order valence-corrected chi connectivity index (χ3v) is 7.83. The molecule has 1 unspecified atom stereocenters. The van der Waals surface area contributed by atoms with Crippen LogP contribution in [0.15, 0.2) is 29.8 Å². The molecule has 218 valence electrons. The van der Waals surface area contributed by atoms with Crippen LogP contribution in [0.3, 0.4) is 0 Å². The van der Waals surface area contributed by atoms with Crippen LogP contribution in [0.5, 0.6) is 0 Å². The van der Waals surface area contributed by atoms with E-state index in [-0.39, 0.29) is 44.4 Å². The smallest absolute Gasteiger partial charge is 0.404 e. The lowest BCUT2D eigenvalue weighted by atomic mass is 9.85. The van der Waals surface area contributed by atoms with Gasteiger partial charge in [-0.25, -0.2) is 9.78 Å². The Balaban J connectivity index is 1.67. The van der Waals surface area contributed by atoms with E-state index in [0.717, 1.165) is 21.7 Å². The number of aliphatic hydroxyl groups is 1. The van der Waals surface area contributed by atoms with Crippen LogP contribution < -0.4 is 16.4 Å². The van der Waals surface area contributed by atoms with Crippen molar-refractivity contribution < 1.29 is 29.0 Å². The van der Waals surface area contributed by atoms with Gasteiger partial charge in [-0.05, 0) is 36.8 Å². The van der Waals surface area contributed by atoms with Crippen LogP contribution in [0.4, 0.5) is 4.79 Å². The number of nitrogens with two attached hydrogens (primary N) is 1. The number of β-amino-alcohol motifs (C(OH)–C–C–N with tert-alkyl or cyclic N) is 1. The minimum Gasteiger partial charge on any atom is -0.450 e. The number of primary amides is 1. The van der Waals surface area contributed by atoms with E-state index < -0.39 is 41.5 Å². The number of amides is 4. The second-order valence-corrected chi connectivity index (χ2v) is 12.0. The molecule has 0 saturated carbocycles. The summed E-state index contributed by atoms with van der Waals surface area (Å²) in [5.74, 6) is -1.21. The van der Waals surface area contributed by atoms with Gasteiger partial charge in [0.1, 0.15) is 12.1 Å². The number of likely N-dealkylation sites (tertiary alicyclic amines) is 1. The predicted octanol–water partition coefficient (Wildman–Crippen LogP) is 2.66. The molecule has 0 radical (unpaired) electrons. The number of aromatic nitrogens is 1. The number of benzene rings is 1. The molecule has 12 heteroatoms. The number of aryl methyl sites for hydroxylation is 1. The van der Waals surface area contributed by atoms with Crippen LogP contribution >= 0.6 is 11.3 Å². The number of hydrogen-bond acceptors (Lipinski definition) is 8. The van der Waals surface area contributed by atoms with E-state index in [2.05, 4.69) is 20.4 Å². The standard InChI is InChI=1S/C28H39N5O6S/c1-16(18-8-10-19(11-9-18)23-17(2)30-15-40-23)31-25(36)21-13-20(34)14-33(21)26(37)24(28(3,4)5)32-22(35)7-6-12-39-27(29)38/h8-11,15-16,20-21,24,34H,6-7,12-14H2,1-5H3,(H2,29,38)(H,31,36)(H,32,35)/t16-,20+,21-,24?/m0/s1. The van der Waals surface area contributed by atoms with Gasteiger partial charge in [0.25, 0.3) is 0 Å². The predicted molar refractivity (Wildman–Crippen MR) is 151 cm³/mol. The van der Waals surface area contributed by atoms with E-state index in [1.54, 1.807) is 11.3 Å². The van der Waals surface area contributed by atoms with Crippen LogP contribution in [0.1, 0.15) is 64.3 Å². The highest BCUT2D eigenvalue weighted by Gasteiger charge is 2.44. The summed E-state index contributed by atoms with van der Waals surface area (Å²) >= 11 is 1.57. The van der Waals surface area contributed by atoms with Crippen molar-refractivity contribution in [3.63, 3.8) is 0 Å². The zero-order valence-electron chi connectivity index (χ0n) is 23.6. The van der Waals surface area contributed by atoms with Gasteiger partial charge in [0.05, 0.1) is 34.8 Å². The van der Waals surface area contributed by atoms with Gasteiger partial charge >= 0.3 is 6.09 Å². The second kappa shape index (κ2) is 13.2. The summed E-state index contributed by atoms with van der Waals surface area (Å²) in [6.07, 6.45) is -1.41. The number of hydrogen-bond donors (Lipinski definition) is 4. The van der Waals surface area contributed by atoms with Crippen LogP contribution in [-0.2, 0) is 19.1 Å². The Morgan fingerprint density at radius 2 is 1.88 bits per heavy atom. The van der Waals surface area contributed by atoms with Gasteiger partial charge in [-0.3, -0.25) is 14.4 Å². The quantitative estimate of drug-likeness (QED) is 0.317. The minimum absolute atomic E-state index is 0.0107. The third-order valence-electron chi connectivity index (χ3n) is 6.85. The molecule has 2 heterocycles. The van der Waals surface area contributed by atoms with Crippen molar-refractivity contribution in [2.75, 3.05) is 13.2 Å². The lowest BCUT2D eigenvalue weighted by Crippen LogP contribution is -2.57. The van der Waals surface area contributed by atoms with Crippen LogP contribution in [-0.4, -0.2) is 70.1 Å². The zero-order valence-corrected chi connectivity index (χ0v) is 24.4. The van der Waals surface area contributed by atoms with Crippen LogP contribution in [0.2, 0.25) is 0 Å². The molecule has 4 amide bonds. The van der Waals surface area contributed by atoms with E-state index in [9.17, 15) is 24.3 Å². The normalized spacial score (nSPS) is 18.6. The van der Waals surface area contributed by atoms with Crippen molar-refractivity contribution in [3.05, 3.63) is 41.0 Å². The minimum atomic E-state index is -0.933. The van der Waals surface area contributed by atoms with Gasteiger partial charge < -0.3 is 31.1 Å². The summed E-state index contributed by atoms with van der Waals surface area (Å²) in [5, 5.41) is 16.1. The summed E-state index contributed by atoms with van der Waals surface area (Å²) in [7, 11) is 0. The monoisotopic (exact) mass is 573 g/mol. The van der Waals surface area contributed by atoms with Crippen molar-refractivity contribution in [2.45, 2.75) is 78.1 Å². The van der Waals surface area contributed by atoms with Crippen molar-refractivity contribution in [3.8, 4) is 10.4 Å². The first kappa shape index (κ1) is 31.0. The molecule has 2 aromatic rings. The summed E-state index contributed by atoms with van der Waals surface area (Å²) in [6, 6.07) is 5.73. The fraction of sp³-hybridized carbons (Fsp3) is 0.536. The van der Waals surface area contributed by atoms with E-state index in [1.165, 1.54) is 4.90 Å². The maximum atomic E-state index is 13.7. The highest BCUT2D eigenvalue weighted by molar-refractivity contribution is 7.13. The van der Waals surface area contributed by atoms with Crippen molar-refractivity contribution in [2.24, 2.45) is 11.1 Å². The van der Waals surface area contributed by atoms with E-state index in [0.29, 0.717) is 0 Å². The van der Waals surface area contributed by atoms with Crippen molar-refractivity contribution >= 4 is 35.2 Å². The number of rotatable bonds is 10. The first-order valence-corrected chi connectivity index (χ1v) is 14.2. The number of carbonyl (C=O) groups is 4. The molecule has 0 bridgehead atoms. The molecule has 11 nitrogen and oxygen atoms in total. The zero-order chi connectivity index (χ0) is 29.6. The lowest BCUT2D eigenvalue weighted by molar-refractivity contribution is -0.144. The highest BCUT2D eigenvalue weighted by atomic mass is 32.1. The molecule has 1 aromatic heterocycles. The Hall–Kier alpha value is -3.51. The van der Waals surface area contributed by atoms with Gasteiger partial charge in [-0.2, -0.15) is 0 Å². The average Bonchev–Trinajstić information content (AvgIpc) is 3.49. The second-order valence-electron chi connectivity index (χ2n) is 11.2. The first-order chi connectivity index (χ1) is 18.8. The number of thiazole rings is 1. The molecule has 0 aliphatic carbocycles. The molecular weight excluding hydrogens is 534 g/mol. The molecule has 5 N–H and O–H groups in total. The number of carbonyl (C=O) groups excluding carboxylic acids is 4. The topological polar surface area (TPSA) is 164 Å². The Labute approximate surface area is 238 Å². The number of aliphatic hydroxyl groups excluding tert-OH is 1. The highest BCUT2D eigenvalue weighted by Crippen LogP contribution is 2.29. The van der Waals surface area contributed by atoms with Gasteiger partial charge in [0.15, 0.2) is 0 Å². The van der Waals surface area contributed by atoms with E-state index in [4.69, 9.17) is 5.73 Å². The average molecular weight is 574 g/mol. The Kier molecular flexibility index (Phi) is 10.3. The van der Waals surface area contributed by atoms with Crippen molar-refractivity contribution in [1.29, 1.82) is 0 Å². The Morgan fingerprint density at radius 1 is 1.20 bits per heavy atom. The molecule has 1 aromatic carbocycles. The molecule has 1 aliphatic heterocycles. The van der Waals surface area contributed by atoms with Gasteiger partial charge in [0.2, 0.25) is 17.7 Å². The molecule has 0 spiro atoms. The van der Waals surface area contributed by atoms with E-state index >= 15 is 0 Å². The molecule has 40 heavy (non-hydrogen) atoms. The van der Waals surface area contributed by atoms with Crippen LogP contribution in [0.25, 0.3) is 10.4 Å². The Morgan fingerprint density at radius 3 is 2.45 bits per heavy atom. The van der Waals surface area contributed by atoms with Crippen LogP contribution in [0, 0.1) is 12.3 Å². The largest absolute Gasteiger partial charge is 0.450 e. The summed E-state index contributed by atoms with van der Waals surface area (Å²) < 4.78 is 4.65. The molecule has 1 saturated heterocycles. The van der Waals surface area contributed by atoms with Gasteiger partial charge in [-0.1, -0.05) is 45.0 Å². The van der Waals surface area contributed by atoms with Gasteiger partial charge in [-0.15, -0.1) is 11.3 Å². The van der Waals surface area contributed by atoms with Crippen molar-refractivity contribution in [1.82, 2.24) is 20.5 Å². The third kappa shape index (κ3) is 8.01. The molecular formula is C28H39N5O6S. The number of nitrogens with one attached hydrogen (secondary N) is 2. The first-order valence-electron chi connectivity index (χ1n) is 13.3. The molecule has 4 atom stereocenters. The molecule has 3 rings (SSSR count). The fourth-order valence-corrected chi connectivity index (χ4v) is 5.47. The maximum Gasteiger partial charge on any atom is 0.404 e.